The van der Waals surface area contributed by atoms with E-state index in [1.165, 1.54) is 18.4 Å². The Balaban J connectivity index is 1.55. The van der Waals surface area contributed by atoms with Crippen LogP contribution in [0.1, 0.15) is 37.0 Å². The van der Waals surface area contributed by atoms with Crippen LogP contribution in [0.3, 0.4) is 0 Å². The predicted octanol–water partition coefficient (Wildman–Crippen LogP) is 2.21. The quantitative estimate of drug-likeness (QED) is 0.602. The molecule has 0 atom stereocenters. The van der Waals surface area contributed by atoms with E-state index in [0.29, 0.717) is 24.7 Å². The molecule has 1 aliphatic carbocycles. The zero-order chi connectivity index (χ0) is 16.8. The van der Waals surface area contributed by atoms with E-state index in [4.69, 9.17) is 9.52 Å². The molecule has 0 unspecified atom stereocenters. The van der Waals surface area contributed by atoms with Crippen LogP contribution in [0.4, 0.5) is 0 Å². The Hall–Kier alpha value is -2.37. The highest BCUT2D eigenvalue weighted by Gasteiger charge is 2.43. The maximum atomic E-state index is 5.13. The molecule has 1 fully saturated rings. The van der Waals surface area contributed by atoms with E-state index in [-0.39, 0.29) is 5.41 Å². The summed E-state index contributed by atoms with van der Waals surface area (Å²) in [5.74, 6) is 2.17. The molecule has 1 saturated carbocycles. The first-order valence-electron chi connectivity index (χ1n) is 8.59. The number of aliphatic imine (C=N–C) groups is 1. The Morgan fingerprint density at radius 2 is 2.04 bits per heavy atom. The van der Waals surface area contributed by atoms with Gasteiger partial charge in [0.15, 0.2) is 11.8 Å². The lowest BCUT2D eigenvalue weighted by molar-refractivity contribution is 0.374. The van der Waals surface area contributed by atoms with Crippen molar-refractivity contribution in [3.05, 3.63) is 47.6 Å². The van der Waals surface area contributed by atoms with Crippen molar-refractivity contribution < 1.29 is 4.52 Å². The standard InChI is InChI=1S/C18H25N5O/c1-3-19-17(20-12-9-16-22-14(2)23-24-16)21-13-18(10-11-18)15-7-5-4-6-8-15/h4-8H,3,9-13H2,1-2H3,(H2,19,20,21). The number of benzene rings is 1. The minimum absolute atomic E-state index is 0.229. The minimum atomic E-state index is 0.229. The van der Waals surface area contributed by atoms with Gasteiger partial charge in [0, 0.05) is 24.9 Å². The fraction of sp³-hybridized carbons (Fsp3) is 0.500. The molecule has 2 N–H and O–H groups in total. The van der Waals surface area contributed by atoms with Gasteiger partial charge in [-0.15, -0.1) is 0 Å². The number of guanidine groups is 1. The molecule has 0 aliphatic heterocycles. The SMILES string of the molecule is CCNC(=NCC1(c2ccccc2)CC1)NCCc1nc(C)no1. The van der Waals surface area contributed by atoms with Crippen molar-refractivity contribution in [3.8, 4) is 0 Å². The van der Waals surface area contributed by atoms with E-state index in [1.54, 1.807) is 0 Å². The summed E-state index contributed by atoms with van der Waals surface area (Å²) in [6.07, 6.45) is 3.11. The van der Waals surface area contributed by atoms with Crippen LogP contribution in [-0.4, -0.2) is 35.7 Å². The smallest absolute Gasteiger partial charge is 0.228 e. The number of hydrogen-bond acceptors (Lipinski definition) is 4. The molecule has 6 nitrogen and oxygen atoms in total. The minimum Gasteiger partial charge on any atom is -0.357 e. The molecule has 2 aromatic rings. The number of nitrogens with one attached hydrogen (secondary N) is 2. The molecule has 24 heavy (non-hydrogen) atoms. The summed E-state index contributed by atoms with van der Waals surface area (Å²) < 4.78 is 5.13. The fourth-order valence-electron chi connectivity index (χ4n) is 2.78. The van der Waals surface area contributed by atoms with Gasteiger partial charge in [-0.25, -0.2) is 0 Å². The first-order valence-corrected chi connectivity index (χ1v) is 8.59. The molecule has 6 heteroatoms. The Morgan fingerprint density at radius 1 is 1.25 bits per heavy atom. The Bertz CT molecular complexity index is 676. The van der Waals surface area contributed by atoms with Gasteiger partial charge in [0.1, 0.15) is 0 Å². The second-order valence-corrected chi connectivity index (χ2v) is 6.25. The van der Waals surface area contributed by atoms with Crippen molar-refractivity contribution in [2.45, 2.75) is 38.5 Å². The molecule has 1 heterocycles. The van der Waals surface area contributed by atoms with Gasteiger partial charge in [-0.2, -0.15) is 4.98 Å². The molecule has 3 rings (SSSR count). The summed E-state index contributed by atoms with van der Waals surface area (Å²) >= 11 is 0. The third-order valence-electron chi connectivity index (χ3n) is 4.32. The first-order chi connectivity index (χ1) is 11.7. The second kappa shape index (κ2) is 7.47. The number of aromatic nitrogens is 2. The number of hydrogen-bond donors (Lipinski definition) is 2. The van der Waals surface area contributed by atoms with Gasteiger partial charge in [-0.05, 0) is 32.3 Å². The maximum Gasteiger partial charge on any atom is 0.228 e. The van der Waals surface area contributed by atoms with Gasteiger partial charge in [-0.3, -0.25) is 4.99 Å². The zero-order valence-electron chi connectivity index (χ0n) is 14.4. The summed E-state index contributed by atoms with van der Waals surface area (Å²) in [4.78, 5) is 9.00. The monoisotopic (exact) mass is 327 g/mol. The van der Waals surface area contributed by atoms with Gasteiger partial charge in [0.25, 0.3) is 0 Å². The largest absolute Gasteiger partial charge is 0.357 e. The van der Waals surface area contributed by atoms with Crippen LogP contribution in [0.5, 0.6) is 0 Å². The molecule has 0 bridgehead atoms. The van der Waals surface area contributed by atoms with Gasteiger partial charge in [-0.1, -0.05) is 35.5 Å². The number of rotatable bonds is 7. The molecule has 0 spiro atoms. The third-order valence-corrected chi connectivity index (χ3v) is 4.32. The van der Waals surface area contributed by atoms with E-state index in [1.807, 2.05) is 6.92 Å². The third kappa shape index (κ3) is 4.13. The van der Waals surface area contributed by atoms with Gasteiger partial charge < -0.3 is 15.2 Å². The van der Waals surface area contributed by atoms with Crippen LogP contribution >= 0.6 is 0 Å². The summed E-state index contributed by atoms with van der Waals surface area (Å²) in [5.41, 5.74) is 1.62. The lowest BCUT2D eigenvalue weighted by Gasteiger charge is -2.15. The maximum absolute atomic E-state index is 5.13. The fourth-order valence-corrected chi connectivity index (χ4v) is 2.78. The average Bonchev–Trinajstić information content (AvgIpc) is 3.29. The first kappa shape index (κ1) is 16.5. The van der Waals surface area contributed by atoms with Crippen molar-refractivity contribution in [3.63, 3.8) is 0 Å². The summed E-state index contributed by atoms with van der Waals surface area (Å²) in [7, 11) is 0. The lowest BCUT2D eigenvalue weighted by Crippen LogP contribution is -2.39. The van der Waals surface area contributed by atoms with E-state index in [2.05, 4.69) is 58.0 Å². The molecule has 1 aliphatic rings. The van der Waals surface area contributed by atoms with Crippen LogP contribution in [0, 0.1) is 6.92 Å². The van der Waals surface area contributed by atoms with Crippen molar-refractivity contribution in [2.75, 3.05) is 19.6 Å². The highest BCUT2D eigenvalue weighted by atomic mass is 16.5. The Kier molecular flexibility index (Phi) is 5.13. The molecule has 0 amide bonds. The van der Waals surface area contributed by atoms with Crippen LogP contribution in [0.25, 0.3) is 0 Å². The zero-order valence-corrected chi connectivity index (χ0v) is 14.4. The van der Waals surface area contributed by atoms with Crippen molar-refractivity contribution in [1.29, 1.82) is 0 Å². The molecular weight excluding hydrogens is 302 g/mol. The number of nitrogens with zero attached hydrogens (tertiary/aromatic N) is 3. The van der Waals surface area contributed by atoms with Crippen LogP contribution in [0.2, 0.25) is 0 Å². The number of aryl methyl sites for hydroxylation is 1. The Labute approximate surface area is 142 Å². The van der Waals surface area contributed by atoms with Crippen molar-refractivity contribution >= 4 is 5.96 Å². The van der Waals surface area contributed by atoms with Gasteiger partial charge in [0.05, 0.1) is 6.54 Å². The molecule has 1 aromatic heterocycles. The molecule has 0 radical (unpaired) electrons. The van der Waals surface area contributed by atoms with E-state index in [9.17, 15) is 0 Å². The Morgan fingerprint density at radius 3 is 2.67 bits per heavy atom. The normalized spacial score (nSPS) is 16.0. The summed E-state index contributed by atoms with van der Waals surface area (Å²) in [6, 6.07) is 10.7. The second-order valence-electron chi connectivity index (χ2n) is 6.25. The molecule has 1 aromatic carbocycles. The van der Waals surface area contributed by atoms with E-state index in [0.717, 1.165) is 19.0 Å². The molecule has 128 valence electrons. The average molecular weight is 327 g/mol. The predicted molar refractivity (Wildman–Crippen MR) is 94.1 cm³/mol. The van der Waals surface area contributed by atoms with Crippen LogP contribution in [-0.2, 0) is 11.8 Å². The van der Waals surface area contributed by atoms with Gasteiger partial charge in [0.2, 0.25) is 5.89 Å². The topological polar surface area (TPSA) is 75.3 Å². The highest BCUT2D eigenvalue weighted by Crippen LogP contribution is 2.48. The van der Waals surface area contributed by atoms with Crippen molar-refractivity contribution in [1.82, 2.24) is 20.8 Å². The van der Waals surface area contributed by atoms with Crippen LogP contribution < -0.4 is 10.6 Å². The summed E-state index contributed by atoms with van der Waals surface area (Å²) in [5, 5.41) is 10.4. The molecular formula is C18H25N5O. The van der Waals surface area contributed by atoms with Crippen molar-refractivity contribution in [2.24, 2.45) is 4.99 Å². The van der Waals surface area contributed by atoms with Gasteiger partial charge >= 0.3 is 0 Å². The van der Waals surface area contributed by atoms with Crippen LogP contribution in [0.15, 0.2) is 39.8 Å². The summed E-state index contributed by atoms with van der Waals surface area (Å²) in [6.45, 7) is 6.26. The lowest BCUT2D eigenvalue weighted by atomic mass is 9.96. The molecule has 0 saturated heterocycles. The van der Waals surface area contributed by atoms with E-state index < -0.39 is 0 Å². The highest BCUT2D eigenvalue weighted by molar-refractivity contribution is 5.79. The van der Waals surface area contributed by atoms with E-state index >= 15 is 0 Å².